The summed E-state index contributed by atoms with van der Waals surface area (Å²) in [5.74, 6) is 0.764. The van der Waals surface area contributed by atoms with Crippen molar-refractivity contribution in [1.82, 2.24) is 29.9 Å². The van der Waals surface area contributed by atoms with Crippen LogP contribution in [0.3, 0.4) is 0 Å². The van der Waals surface area contributed by atoms with Crippen molar-refractivity contribution in [3.05, 3.63) is 59.8 Å². The Kier molecular flexibility index (Phi) is 3.45. The molecule has 0 aliphatic heterocycles. The van der Waals surface area contributed by atoms with Gasteiger partial charge >= 0.3 is 0 Å². The van der Waals surface area contributed by atoms with Gasteiger partial charge in [-0.3, -0.25) is 5.10 Å². The first-order valence-electron chi connectivity index (χ1n) is 7.72. The maximum Gasteiger partial charge on any atom is 0.160 e. The van der Waals surface area contributed by atoms with Crippen LogP contribution in [-0.2, 0) is 6.54 Å². The summed E-state index contributed by atoms with van der Waals surface area (Å²) in [5, 5.41) is 15.8. The fourth-order valence-corrected chi connectivity index (χ4v) is 2.83. The van der Waals surface area contributed by atoms with Crippen molar-refractivity contribution in [2.24, 2.45) is 0 Å². The second-order valence-electron chi connectivity index (χ2n) is 5.60. The smallest absolute Gasteiger partial charge is 0.160 e. The third kappa shape index (κ3) is 2.40. The van der Waals surface area contributed by atoms with Crippen LogP contribution in [0.4, 0.5) is 5.82 Å². The minimum Gasteiger partial charge on any atom is -0.365 e. The molecule has 7 nitrogen and oxygen atoms in total. The molecular weight excluding hydrogens is 302 g/mol. The SMILES string of the molecule is Cc1nn(-c2ccccc2)c(C)c1CNc1ncnc2[nH]ncc12. The lowest BCUT2D eigenvalue weighted by Gasteiger charge is -2.08. The van der Waals surface area contributed by atoms with Gasteiger partial charge in [-0.05, 0) is 26.0 Å². The van der Waals surface area contributed by atoms with Gasteiger partial charge in [-0.15, -0.1) is 0 Å². The molecule has 2 N–H and O–H groups in total. The van der Waals surface area contributed by atoms with Gasteiger partial charge in [-0.2, -0.15) is 10.2 Å². The molecule has 120 valence electrons. The van der Waals surface area contributed by atoms with E-state index in [0.717, 1.165) is 39.5 Å². The van der Waals surface area contributed by atoms with E-state index in [2.05, 4.69) is 49.6 Å². The summed E-state index contributed by atoms with van der Waals surface area (Å²) in [6, 6.07) is 10.1. The van der Waals surface area contributed by atoms with Crippen LogP contribution in [0.15, 0.2) is 42.9 Å². The Morgan fingerprint density at radius 1 is 1.12 bits per heavy atom. The van der Waals surface area contributed by atoms with Gasteiger partial charge in [-0.25, -0.2) is 14.6 Å². The molecule has 7 heteroatoms. The molecule has 3 heterocycles. The number of rotatable bonds is 4. The Hall–Kier alpha value is -3.22. The molecule has 0 saturated carbocycles. The summed E-state index contributed by atoms with van der Waals surface area (Å²) >= 11 is 0. The van der Waals surface area contributed by atoms with E-state index < -0.39 is 0 Å². The van der Waals surface area contributed by atoms with Crippen LogP contribution in [0.25, 0.3) is 16.7 Å². The Morgan fingerprint density at radius 3 is 2.79 bits per heavy atom. The summed E-state index contributed by atoms with van der Waals surface area (Å²) in [5.41, 5.74) is 5.06. The average molecular weight is 319 g/mol. The van der Waals surface area contributed by atoms with E-state index in [0.29, 0.717) is 6.54 Å². The number of nitrogens with one attached hydrogen (secondary N) is 2. The molecule has 0 aliphatic rings. The van der Waals surface area contributed by atoms with Gasteiger partial charge in [-0.1, -0.05) is 18.2 Å². The first-order valence-corrected chi connectivity index (χ1v) is 7.72. The highest BCUT2D eigenvalue weighted by atomic mass is 15.3. The van der Waals surface area contributed by atoms with E-state index in [1.54, 1.807) is 6.20 Å². The lowest BCUT2D eigenvalue weighted by atomic mass is 10.2. The molecule has 0 bridgehead atoms. The Bertz CT molecular complexity index is 985. The van der Waals surface area contributed by atoms with Crippen LogP contribution >= 0.6 is 0 Å². The molecule has 4 rings (SSSR count). The van der Waals surface area contributed by atoms with Crippen molar-refractivity contribution in [2.75, 3.05) is 5.32 Å². The van der Waals surface area contributed by atoms with Gasteiger partial charge in [0.1, 0.15) is 12.1 Å². The molecule has 0 amide bonds. The van der Waals surface area contributed by atoms with Crippen molar-refractivity contribution >= 4 is 16.9 Å². The number of para-hydroxylation sites is 1. The van der Waals surface area contributed by atoms with Gasteiger partial charge in [0, 0.05) is 17.8 Å². The molecule has 0 atom stereocenters. The molecule has 3 aromatic heterocycles. The third-order valence-corrected chi connectivity index (χ3v) is 4.12. The molecule has 0 saturated heterocycles. The Morgan fingerprint density at radius 2 is 1.96 bits per heavy atom. The van der Waals surface area contributed by atoms with E-state index in [9.17, 15) is 0 Å². The topological polar surface area (TPSA) is 84.3 Å². The van der Waals surface area contributed by atoms with Gasteiger partial charge in [0.05, 0.1) is 23.0 Å². The lowest BCUT2D eigenvalue weighted by molar-refractivity contribution is 0.832. The van der Waals surface area contributed by atoms with Crippen LogP contribution in [0.2, 0.25) is 0 Å². The maximum absolute atomic E-state index is 4.67. The number of nitrogens with zero attached hydrogens (tertiary/aromatic N) is 5. The largest absolute Gasteiger partial charge is 0.365 e. The Balaban J connectivity index is 1.64. The first kappa shape index (κ1) is 14.4. The summed E-state index contributed by atoms with van der Waals surface area (Å²) in [4.78, 5) is 8.46. The predicted molar refractivity (Wildman–Crippen MR) is 92.0 cm³/mol. The molecule has 0 spiro atoms. The molecule has 0 unspecified atom stereocenters. The van der Waals surface area contributed by atoms with Crippen LogP contribution in [0.1, 0.15) is 17.0 Å². The minimum absolute atomic E-state index is 0.641. The van der Waals surface area contributed by atoms with E-state index in [1.165, 1.54) is 6.33 Å². The Labute approximate surface area is 138 Å². The number of aryl methyl sites for hydroxylation is 1. The maximum atomic E-state index is 4.67. The molecule has 4 aromatic rings. The number of aromatic nitrogens is 6. The van der Waals surface area contributed by atoms with Crippen LogP contribution in [-0.4, -0.2) is 29.9 Å². The first-order chi connectivity index (χ1) is 11.7. The molecule has 1 aromatic carbocycles. The lowest BCUT2D eigenvalue weighted by Crippen LogP contribution is -2.05. The highest BCUT2D eigenvalue weighted by molar-refractivity contribution is 5.85. The molecular formula is C17H17N7. The zero-order chi connectivity index (χ0) is 16.5. The normalized spacial score (nSPS) is 11.1. The number of anilines is 1. The number of hydrogen-bond donors (Lipinski definition) is 2. The number of benzene rings is 1. The zero-order valence-electron chi connectivity index (χ0n) is 13.5. The molecule has 24 heavy (non-hydrogen) atoms. The van der Waals surface area contributed by atoms with Crippen molar-refractivity contribution in [3.8, 4) is 5.69 Å². The van der Waals surface area contributed by atoms with Crippen molar-refractivity contribution < 1.29 is 0 Å². The zero-order valence-corrected chi connectivity index (χ0v) is 13.5. The van der Waals surface area contributed by atoms with E-state index in [4.69, 9.17) is 0 Å². The summed E-state index contributed by atoms with van der Waals surface area (Å²) < 4.78 is 1.97. The van der Waals surface area contributed by atoms with Crippen LogP contribution < -0.4 is 5.32 Å². The van der Waals surface area contributed by atoms with Crippen LogP contribution in [0.5, 0.6) is 0 Å². The highest BCUT2D eigenvalue weighted by Crippen LogP contribution is 2.21. The summed E-state index contributed by atoms with van der Waals surface area (Å²) in [7, 11) is 0. The number of H-pyrrole nitrogens is 1. The second kappa shape index (κ2) is 5.77. The minimum atomic E-state index is 0.641. The van der Waals surface area contributed by atoms with Crippen molar-refractivity contribution in [3.63, 3.8) is 0 Å². The number of fused-ring (bicyclic) bond motifs is 1. The summed E-state index contributed by atoms with van der Waals surface area (Å²) in [6.45, 7) is 4.75. The standard InChI is InChI=1S/C17H17N7/c1-11-14(12(2)24(23-11)13-6-4-3-5-7-13)8-18-16-15-9-21-22-17(15)20-10-19-16/h3-7,9-10H,8H2,1-2H3,(H2,18,19,20,21,22). The third-order valence-electron chi connectivity index (χ3n) is 4.12. The van der Waals surface area contributed by atoms with E-state index >= 15 is 0 Å². The second-order valence-corrected chi connectivity index (χ2v) is 5.60. The monoisotopic (exact) mass is 319 g/mol. The summed E-state index contributed by atoms with van der Waals surface area (Å²) in [6.07, 6.45) is 3.25. The van der Waals surface area contributed by atoms with E-state index in [1.807, 2.05) is 29.8 Å². The quantitative estimate of drug-likeness (QED) is 0.604. The van der Waals surface area contributed by atoms with Gasteiger partial charge in [0.15, 0.2) is 5.65 Å². The molecule has 0 radical (unpaired) electrons. The predicted octanol–water partition coefficient (Wildman–Crippen LogP) is 2.77. The fraction of sp³-hybridized carbons (Fsp3) is 0.176. The van der Waals surface area contributed by atoms with Gasteiger partial charge in [0.25, 0.3) is 0 Å². The average Bonchev–Trinajstić information content (AvgIpc) is 3.19. The fourth-order valence-electron chi connectivity index (χ4n) is 2.83. The van der Waals surface area contributed by atoms with Gasteiger partial charge < -0.3 is 5.32 Å². The number of aromatic amines is 1. The van der Waals surface area contributed by atoms with Gasteiger partial charge in [0.2, 0.25) is 0 Å². The van der Waals surface area contributed by atoms with Crippen molar-refractivity contribution in [2.45, 2.75) is 20.4 Å². The molecule has 0 aliphatic carbocycles. The van der Waals surface area contributed by atoms with E-state index in [-0.39, 0.29) is 0 Å². The number of hydrogen-bond acceptors (Lipinski definition) is 5. The molecule has 0 fully saturated rings. The highest BCUT2D eigenvalue weighted by Gasteiger charge is 2.13. The van der Waals surface area contributed by atoms with Crippen LogP contribution in [0, 0.1) is 13.8 Å². The van der Waals surface area contributed by atoms with Crippen molar-refractivity contribution in [1.29, 1.82) is 0 Å².